The van der Waals surface area contributed by atoms with E-state index in [4.69, 9.17) is 9.47 Å². The first-order valence-electron chi connectivity index (χ1n) is 12.6. The molecule has 3 aliphatic rings. The highest BCUT2D eigenvalue weighted by molar-refractivity contribution is 6.50. The number of fused-ring (bicyclic) bond motifs is 2. The monoisotopic (exact) mass is 517 g/mol. The average Bonchev–Trinajstić information content (AvgIpc) is 3.29. The Morgan fingerprint density at radius 2 is 1.87 bits per heavy atom. The lowest BCUT2D eigenvalue weighted by Crippen LogP contribution is -2.53. The largest absolute Gasteiger partial charge is 0.507 e. The Labute approximate surface area is 221 Å². The lowest BCUT2D eigenvalue weighted by atomic mass is 9.81. The molecular formula is C29H31N3O6. The van der Waals surface area contributed by atoms with Gasteiger partial charge in [-0.3, -0.25) is 19.3 Å². The molecule has 0 aliphatic carbocycles. The van der Waals surface area contributed by atoms with E-state index in [0.29, 0.717) is 62.0 Å². The number of aliphatic hydroxyl groups is 1. The van der Waals surface area contributed by atoms with Crippen LogP contribution in [0.5, 0.6) is 5.75 Å². The van der Waals surface area contributed by atoms with Crippen molar-refractivity contribution in [1.82, 2.24) is 9.80 Å². The van der Waals surface area contributed by atoms with Crippen LogP contribution in [0.4, 0.5) is 5.69 Å². The molecule has 2 aromatic rings. The van der Waals surface area contributed by atoms with Gasteiger partial charge in [0.2, 0.25) is 0 Å². The van der Waals surface area contributed by atoms with Crippen molar-refractivity contribution in [2.45, 2.75) is 12.5 Å². The Bertz CT molecular complexity index is 1350. The van der Waals surface area contributed by atoms with Gasteiger partial charge in [-0.2, -0.15) is 0 Å². The summed E-state index contributed by atoms with van der Waals surface area (Å²) < 4.78 is 11.1. The molecule has 3 aliphatic heterocycles. The number of aliphatic hydroxyl groups excluding tert-OH is 1. The number of anilines is 1. The van der Waals surface area contributed by atoms with E-state index < -0.39 is 28.9 Å². The predicted molar refractivity (Wildman–Crippen MR) is 142 cm³/mol. The van der Waals surface area contributed by atoms with E-state index in [1.54, 1.807) is 55.6 Å². The van der Waals surface area contributed by atoms with E-state index in [-0.39, 0.29) is 12.1 Å². The second kappa shape index (κ2) is 10.1. The lowest BCUT2D eigenvalue weighted by Gasteiger charge is -2.36. The minimum absolute atomic E-state index is 0.141. The van der Waals surface area contributed by atoms with Gasteiger partial charge < -0.3 is 24.4 Å². The number of likely N-dealkylation sites (tertiary alicyclic amines) is 1. The molecule has 1 N–H and O–H groups in total. The van der Waals surface area contributed by atoms with Gasteiger partial charge in [-0.15, -0.1) is 0 Å². The number of Topliss-reactive ketones (excluding diaryl/α,β-unsaturated/α-hetero) is 1. The first kappa shape index (κ1) is 25.7. The maximum absolute atomic E-state index is 14.1. The summed E-state index contributed by atoms with van der Waals surface area (Å²) in [5, 5.41) is 11.6. The standard InChI is InChI=1S/C29H31N3O6/c1-4-15-38-23-10-9-20(18-19(23)2)25(33)24-26(34)27(35)32(12-11-31-13-16-37-17-14-31)29(24)21-7-5-6-8-22(21)30(3)28(29)36/h4-10,18,33H,1,11-17H2,2-3H3/b25-24-. The summed E-state index contributed by atoms with van der Waals surface area (Å²) in [6, 6.07) is 12.1. The third-order valence-corrected chi connectivity index (χ3v) is 7.49. The second-order valence-electron chi connectivity index (χ2n) is 9.64. The van der Waals surface area contributed by atoms with Crippen LogP contribution in [-0.2, 0) is 24.7 Å². The minimum atomic E-state index is -1.76. The molecule has 1 unspecified atom stereocenters. The fourth-order valence-corrected chi connectivity index (χ4v) is 5.59. The summed E-state index contributed by atoms with van der Waals surface area (Å²) in [5.41, 5.74) is 0.150. The van der Waals surface area contributed by atoms with Crippen LogP contribution in [0.2, 0.25) is 0 Å². The van der Waals surface area contributed by atoms with Crippen molar-refractivity contribution in [2.24, 2.45) is 0 Å². The molecule has 38 heavy (non-hydrogen) atoms. The molecule has 2 aromatic carbocycles. The zero-order valence-corrected chi connectivity index (χ0v) is 21.6. The molecule has 198 valence electrons. The zero-order chi connectivity index (χ0) is 27.0. The molecule has 0 aromatic heterocycles. The number of carbonyl (C=O) groups is 3. The number of carbonyl (C=O) groups excluding carboxylic acids is 3. The summed E-state index contributed by atoms with van der Waals surface area (Å²) in [5.74, 6) is -1.93. The first-order chi connectivity index (χ1) is 18.3. The van der Waals surface area contributed by atoms with Crippen LogP contribution in [0.25, 0.3) is 5.76 Å². The van der Waals surface area contributed by atoms with Crippen molar-refractivity contribution in [1.29, 1.82) is 0 Å². The van der Waals surface area contributed by atoms with Gasteiger partial charge in [0, 0.05) is 50.0 Å². The fourth-order valence-electron chi connectivity index (χ4n) is 5.59. The van der Waals surface area contributed by atoms with Crippen LogP contribution in [0.1, 0.15) is 16.7 Å². The van der Waals surface area contributed by atoms with Crippen LogP contribution in [0, 0.1) is 6.92 Å². The Morgan fingerprint density at radius 1 is 1.13 bits per heavy atom. The van der Waals surface area contributed by atoms with Crippen molar-refractivity contribution in [2.75, 3.05) is 57.9 Å². The van der Waals surface area contributed by atoms with Crippen molar-refractivity contribution < 1.29 is 29.0 Å². The second-order valence-corrected chi connectivity index (χ2v) is 9.64. The molecule has 2 fully saturated rings. The van der Waals surface area contributed by atoms with Gasteiger partial charge in [-0.05, 0) is 36.8 Å². The molecule has 2 saturated heterocycles. The van der Waals surface area contributed by atoms with Crippen LogP contribution in [0.3, 0.4) is 0 Å². The Kier molecular flexibility index (Phi) is 6.81. The molecule has 1 spiro atoms. The Hall–Kier alpha value is -3.95. The molecule has 5 rings (SSSR count). The van der Waals surface area contributed by atoms with Gasteiger partial charge in [0.05, 0.1) is 18.8 Å². The van der Waals surface area contributed by atoms with Crippen molar-refractivity contribution in [3.8, 4) is 5.75 Å². The number of nitrogens with zero attached hydrogens (tertiary/aromatic N) is 3. The highest BCUT2D eigenvalue weighted by atomic mass is 16.5. The summed E-state index contributed by atoms with van der Waals surface area (Å²) in [4.78, 5) is 46.2. The zero-order valence-electron chi connectivity index (χ0n) is 21.6. The molecule has 9 heteroatoms. The quantitative estimate of drug-likeness (QED) is 0.261. The number of hydrogen-bond acceptors (Lipinski definition) is 7. The van der Waals surface area contributed by atoms with Crippen molar-refractivity contribution in [3.63, 3.8) is 0 Å². The number of amides is 2. The smallest absolute Gasteiger partial charge is 0.296 e. The van der Waals surface area contributed by atoms with Gasteiger partial charge in [-0.1, -0.05) is 30.9 Å². The number of ether oxygens (including phenoxy) is 2. The molecule has 1 atom stereocenters. The summed E-state index contributed by atoms with van der Waals surface area (Å²) in [6.07, 6.45) is 1.63. The van der Waals surface area contributed by atoms with E-state index in [9.17, 15) is 19.5 Å². The number of rotatable bonds is 7. The van der Waals surface area contributed by atoms with Gasteiger partial charge in [-0.25, -0.2) is 0 Å². The number of ketones is 1. The molecule has 9 nitrogen and oxygen atoms in total. The Balaban J connectivity index is 1.66. The molecule has 2 amide bonds. The normalized spacial score (nSPS) is 22.8. The lowest BCUT2D eigenvalue weighted by molar-refractivity contribution is -0.144. The fraction of sp³-hybridized carbons (Fsp3) is 0.345. The number of likely N-dealkylation sites (N-methyl/N-ethyl adjacent to an activating group) is 1. The van der Waals surface area contributed by atoms with Gasteiger partial charge in [0.1, 0.15) is 18.1 Å². The van der Waals surface area contributed by atoms with Gasteiger partial charge in [0.25, 0.3) is 17.6 Å². The third kappa shape index (κ3) is 3.90. The number of hydrogen-bond donors (Lipinski definition) is 1. The highest BCUT2D eigenvalue weighted by Gasteiger charge is 2.66. The molecule has 0 radical (unpaired) electrons. The van der Waals surface area contributed by atoms with Crippen molar-refractivity contribution >= 4 is 29.0 Å². The summed E-state index contributed by atoms with van der Waals surface area (Å²) in [7, 11) is 1.62. The highest BCUT2D eigenvalue weighted by Crippen LogP contribution is 2.53. The number of benzene rings is 2. The topological polar surface area (TPSA) is 99.6 Å². The molecule has 3 heterocycles. The first-order valence-corrected chi connectivity index (χ1v) is 12.6. The van der Waals surface area contributed by atoms with Crippen LogP contribution < -0.4 is 9.64 Å². The number of para-hydroxylation sites is 1. The van der Waals surface area contributed by atoms with E-state index in [1.165, 1.54) is 9.80 Å². The predicted octanol–water partition coefficient (Wildman–Crippen LogP) is 2.44. The molecule has 0 bridgehead atoms. The third-order valence-electron chi connectivity index (χ3n) is 7.49. The molecular weight excluding hydrogens is 486 g/mol. The van der Waals surface area contributed by atoms with Gasteiger partial charge in [0.15, 0.2) is 5.54 Å². The minimum Gasteiger partial charge on any atom is -0.507 e. The van der Waals surface area contributed by atoms with Gasteiger partial charge >= 0.3 is 0 Å². The van der Waals surface area contributed by atoms with E-state index >= 15 is 0 Å². The van der Waals surface area contributed by atoms with Crippen LogP contribution in [0.15, 0.2) is 60.7 Å². The number of morpholine rings is 1. The number of aryl methyl sites for hydroxylation is 1. The van der Waals surface area contributed by atoms with Crippen molar-refractivity contribution in [3.05, 3.63) is 77.4 Å². The maximum atomic E-state index is 14.1. The summed E-state index contributed by atoms with van der Waals surface area (Å²) >= 11 is 0. The maximum Gasteiger partial charge on any atom is 0.296 e. The average molecular weight is 518 g/mol. The van der Waals surface area contributed by atoms with Crippen LogP contribution in [-0.4, -0.2) is 85.6 Å². The Morgan fingerprint density at radius 3 is 2.58 bits per heavy atom. The SMILES string of the molecule is C=CCOc1ccc(/C(O)=C2\C(=O)C(=O)N(CCN3CCOCC3)C23C(=O)N(C)c2ccccc23)cc1C. The van der Waals surface area contributed by atoms with E-state index in [0.717, 1.165) is 5.56 Å². The van der Waals surface area contributed by atoms with Crippen LogP contribution >= 0.6 is 0 Å². The molecule has 0 saturated carbocycles. The van der Waals surface area contributed by atoms with E-state index in [1.807, 2.05) is 6.92 Å². The summed E-state index contributed by atoms with van der Waals surface area (Å²) in [6.45, 7) is 8.95. The van der Waals surface area contributed by atoms with E-state index in [2.05, 4.69) is 11.5 Å².